The predicted octanol–water partition coefficient (Wildman–Crippen LogP) is 2.00. The molecule has 0 aromatic carbocycles. The molecule has 0 spiro atoms. The average Bonchev–Trinajstić information content (AvgIpc) is 2.00. The van der Waals surface area contributed by atoms with Crippen molar-refractivity contribution in [2.75, 3.05) is 5.73 Å². The summed E-state index contributed by atoms with van der Waals surface area (Å²) in [4.78, 5) is 3.82. The summed E-state index contributed by atoms with van der Waals surface area (Å²) in [5.41, 5.74) is 7.30. The minimum atomic E-state index is 0.757. The lowest BCUT2D eigenvalue weighted by atomic mass is 10.3. The molecular weight excluding hydrogens is 124 g/mol. The summed E-state index contributed by atoms with van der Waals surface area (Å²) in [7, 11) is 0. The van der Waals surface area contributed by atoms with Crippen LogP contribution in [0, 0.1) is 6.92 Å². The summed E-state index contributed by atoms with van der Waals surface area (Å²) in [5, 5.41) is 0. The van der Waals surface area contributed by atoms with Crippen molar-refractivity contribution in [2.45, 2.75) is 20.8 Å². The van der Waals surface area contributed by atoms with Crippen LogP contribution in [-0.4, -0.2) is 4.98 Å². The van der Waals surface area contributed by atoms with Crippen molar-refractivity contribution in [1.29, 1.82) is 0 Å². The van der Waals surface area contributed by atoms with Crippen LogP contribution in [-0.2, 0) is 0 Å². The van der Waals surface area contributed by atoms with Crippen molar-refractivity contribution >= 4 is 5.69 Å². The van der Waals surface area contributed by atoms with E-state index in [0.717, 1.165) is 11.3 Å². The van der Waals surface area contributed by atoms with E-state index in [9.17, 15) is 0 Å². The first-order chi connectivity index (χ1) is 4.80. The number of rotatable bonds is 0. The Morgan fingerprint density at radius 3 is 2.30 bits per heavy atom. The van der Waals surface area contributed by atoms with E-state index in [1.54, 1.807) is 12.4 Å². The molecular formula is C8H14N2. The van der Waals surface area contributed by atoms with Gasteiger partial charge in [-0.3, -0.25) is 4.98 Å². The summed E-state index contributed by atoms with van der Waals surface area (Å²) >= 11 is 0. The normalized spacial score (nSPS) is 7.90. The molecule has 0 unspecified atom stereocenters. The van der Waals surface area contributed by atoms with Crippen LogP contribution in [0.2, 0.25) is 0 Å². The topological polar surface area (TPSA) is 38.9 Å². The number of hydrogen-bond donors (Lipinski definition) is 1. The van der Waals surface area contributed by atoms with Crippen LogP contribution in [0.15, 0.2) is 18.5 Å². The molecule has 2 heteroatoms. The first-order valence-corrected chi connectivity index (χ1v) is 3.47. The predicted molar refractivity (Wildman–Crippen MR) is 44.7 cm³/mol. The molecule has 0 bridgehead atoms. The number of hydrogen-bond acceptors (Lipinski definition) is 2. The third kappa shape index (κ3) is 2.49. The maximum atomic E-state index is 5.46. The third-order valence-electron chi connectivity index (χ3n) is 1.08. The van der Waals surface area contributed by atoms with Crippen LogP contribution in [0.5, 0.6) is 0 Å². The van der Waals surface area contributed by atoms with Gasteiger partial charge >= 0.3 is 0 Å². The van der Waals surface area contributed by atoms with E-state index in [4.69, 9.17) is 5.73 Å². The molecule has 2 N–H and O–H groups in total. The Kier molecular flexibility index (Phi) is 4.29. The lowest BCUT2D eigenvalue weighted by Gasteiger charge is -1.92. The molecule has 10 heavy (non-hydrogen) atoms. The molecule has 0 aliphatic carbocycles. The largest absolute Gasteiger partial charge is 0.397 e. The van der Waals surface area contributed by atoms with E-state index < -0.39 is 0 Å². The number of nitrogens with zero attached hydrogens (tertiary/aromatic N) is 1. The Bertz CT molecular complexity index is 163. The molecule has 0 fully saturated rings. The van der Waals surface area contributed by atoms with Crippen molar-refractivity contribution in [1.82, 2.24) is 4.98 Å². The summed E-state index contributed by atoms with van der Waals surface area (Å²) in [6.45, 7) is 5.96. The zero-order valence-electron chi connectivity index (χ0n) is 6.76. The molecule has 0 aliphatic rings. The van der Waals surface area contributed by atoms with E-state index in [1.165, 1.54) is 0 Å². The smallest absolute Gasteiger partial charge is 0.0530 e. The Labute approximate surface area is 62.1 Å². The van der Waals surface area contributed by atoms with E-state index >= 15 is 0 Å². The van der Waals surface area contributed by atoms with Gasteiger partial charge in [0.1, 0.15) is 0 Å². The zero-order valence-corrected chi connectivity index (χ0v) is 6.76. The van der Waals surface area contributed by atoms with E-state index in [1.807, 2.05) is 26.8 Å². The maximum Gasteiger partial charge on any atom is 0.0530 e. The minimum Gasteiger partial charge on any atom is -0.397 e. The van der Waals surface area contributed by atoms with Gasteiger partial charge in [-0.1, -0.05) is 13.8 Å². The molecule has 0 radical (unpaired) electrons. The van der Waals surface area contributed by atoms with Gasteiger partial charge in [-0.25, -0.2) is 0 Å². The summed E-state index contributed by atoms with van der Waals surface area (Å²) < 4.78 is 0. The van der Waals surface area contributed by atoms with Gasteiger partial charge in [-0.05, 0) is 18.6 Å². The van der Waals surface area contributed by atoms with E-state index in [0.29, 0.717) is 0 Å². The fraction of sp³-hybridized carbons (Fsp3) is 0.375. The third-order valence-corrected chi connectivity index (χ3v) is 1.08. The van der Waals surface area contributed by atoms with Crippen LogP contribution >= 0.6 is 0 Å². The van der Waals surface area contributed by atoms with Crippen LogP contribution in [0.3, 0.4) is 0 Å². The lowest BCUT2D eigenvalue weighted by molar-refractivity contribution is 1.29. The van der Waals surface area contributed by atoms with Crippen LogP contribution in [0.25, 0.3) is 0 Å². The highest BCUT2D eigenvalue weighted by atomic mass is 14.7. The van der Waals surface area contributed by atoms with Crippen LogP contribution in [0.4, 0.5) is 5.69 Å². The number of anilines is 1. The maximum absolute atomic E-state index is 5.46. The van der Waals surface area contributed by atoms with E-state index in [-0.39, 0.29) is 0 Å². The highest BCUT2D eigenvalue weighted by Gasteiger charge is 1.85. The fourth-order valence-electron chi connectivity index (χ4n) is 0.476. The van der Waals surface area contributed by atoms with Crippen molar-refractivity contribution in [3.8, 4) is 0 Å². The average molecular weight is 138 g/mol. The monoisotopic (exact) mass is 138 g/mol. The van der Waals surface area contributed by atoms with Gasteiger partial charge in [0, 0.05) is 12.4 Å². The second kappa shape index (κ2) is 4.79. The molecule has 0 atom stereocenters. The van der Waals surface area contributed by atoms with Crippen LogP contribution in [0.1, 0.15) is 19.4 Å². The van der Waals surface area contributed by atoms with Crippen molar-refractivity contribution < 1.29 is 0 Å². The molecule has 1 aromatic rings. The van der Waals surface area contributed by atoms with Crippen LogP contribution < -0.4 is 5.73 Å². The van der Waals surface area contributed by atoms with Gasteiger partial charge in [-0.15, -0.1) is 0 Å². The van der Waals surface area contributed by atoms with Crippen molar-refractivity contribution in [3.63, 3.8) is 0 Å². The highest BCUT2D eigenvalue weighted by molar-refractivity contribution is 5.42. The molecule has 0 aliphatic heterocycles. The standard InChI is InChI=1S/C6H8N2.C2H6/c1-5-2-3-8-4-6(5)7;1-2/h2-4H,7H2,1H3;1-2H3. The Morgan fingerprint density at radius 1 is 1.40 bits per heavy atom. The summed E-state index contributed by atoms with van der Waals surface area (Å²) in [6.07, 6.45) is 3.38. The number of nitrogens with two attached hydrogens (primary N) is 1. The van der Waals surface area contributed by atoms with Crippen molar-refractivity contribution in [3.05, 3.63) is 24.0 Å². The molecule has 1 aromatic heterocycles. The van der Waals surface area contributed by atoms with Gasteiger partial charge in [0.15, 0.2) is 0 Å². The minimum absolute atomic E-state index is 0.757. The number of aromatic nitrogens is 1. The molecule has 56 valence electrons. The SMILES string of the molecule is CC.Cc1ccncc1N. The number of pyridine rings is 1. The molecule has 2 nitrogen and oxygen atoms in total. The second-order valence-electron chi connectivity index (χ2n) is 1.73. The molecule has 1 rings (SSSR count). The molecule has 0 saturated heterocycles. The quantitative estimate of drug-likeness (QED) is 0.595. The second-order valence-corrected chi connectivity index (χ2v) is 1.73. The first kappa shape index (κ1) is 8.95. The Balaban J connectivity index is 0.000000371. The summed E-state index contributed by atoms with van der Waals surface area (Å²) in [5.74, 6) is 0. The lowest BCUT2D eigenvalue weighted by Crippen LogP contribution is -1.88. The van der Waals surface area contributed by atoms with Gasteiger partial charge < -0.3 is 5.73 Å². The summed E-state index contributed by atoms with van der Waals surface area (Å²) in [6, 6.07) is 1.88. The number of aryl methyl sites for hydroxylation is 1. The Hall–Kier alpha value is -1.05. The fourth-order valence-corrected chi connectivity index (χ4v) is 0.476. The van der Waals surface area contributed by atoms with Gasteiger partial charge in [0.25, 0.3) is 0 Å². The molecule has 0 saturated carbocycles. The highest BCUT2D eigenvalue weighted by Crippen LogP contribution is 2.04. The van der Waals surface area contributed by atoms with Gasteiger partial charge in [-0.2, -0.15) is 0 Å². The Morgan fingerprint density at radius 2 is 2.00 bits per heavy atom. The first-order valence-electron chi connectivity index (χ1n) is 3.47. The molecule has 0 amide bonds. The van der Waals surface area contributed by atoms with E-state index in [2.05, 4.69) is 4.98 Å². The molecule has 1 heterocycles. The van der Waals surface area contributed by atoms with Gasteiger partial charge in [0.2, 0.25) is 0 Å². The zero-order chi connectivity index (χ0) is 7.98. The number of nitrogen functional groups attached to an aromatic ring is 1. The van der Waals surface area contributed by atoms with Crippen molar-refractivity contribution in [2.24, 2.45) is 0 Å². The van der Waals surface area contributed by atoms with Gasteiger partial charge in [0.05, 0.1) is 5.69 Å².